The maximum Gasteiger partial charge on any atom is 0.262 e. The normalized spacial score (nSPS) is 13.9. The summed E-state index contributed by atoms with van der Waals surface area (Å²) in [4.78, 5) is 29.8. The van der Waals surface area contributed by atoms with Gasteiger partial charge in [0.2, 0.25) is 0 Å². The second-order valence-electron chi connectivity index (χ2n) is 9.39. The van der Waals surface area contributed by atoms with Gasteiger partial charge in [-0.2, -0.15) is 0 Å². The fourth-order valence-corrected chi connectivity index (χ4v) is 5.37. The van der Waals surface area contributed by atoms with Gasteiger partial charge in [0.1, 0.15) is 0 Å². The Morgan fingerprint density at radius 1 is 0.528 bits per heavy atom. The smallest absolute Gasteiger partial charge is 0.262 e. The molecule has 6 rings (SSSR count). The SMILES string of the molecule is Cc1ccc2ccccc2c1C1=C(c2c(C)ccc3ccccc23)C(=O)N(Cc2ccccc2)C1=O. The molecule has 36 heavy (non-hydrogen) atoms. The minimum Gasteiger partial charge on any atom is -0.270 e. The molecule has 3 nitrogen and oxygen atoms in total. The number of benzene rings is 5. The first-order chi connectivity index (χ1) is 17.5. The first-order valence-electron chi connectivity index (χ1n) is 12.2. The molecule has 0 aliphatic carbocycles. The van der Waals surface area contributed by atoms with Crippen molar-refractivity contribution in [1.82, 2.24) is 4.90 Å². The summed E-state index contributed by atoms with van der Waals surface area (Å²) in [6, 6.07) is 34.0. The van der Waals surface area contributed by atoms with E-state index in [0.717, 1.165) is 49.4 Å². The van der Waals surface area contributed by atoms with Gasteiger partial charge < -0.3 is 0 Å². The molecule has 0 aromatic heterocycles. The molecular weight excluding hydrogens is 442 g/mol. The van der Waals surface area contributed by atoms with Crippen LogP contribution < -0.4 is 0 Å². The van der Waals surface area contributed by atoms with Crippen LogP contribution in [-0.4, -0.2) is 16.7 Å². The molecule has 0 saturated carbocycles. The van der Waals surface area contributed by atoms with Gasteiger partial charge in [0.15, 0.2) is 0 Å². The summed E-state index contributed by atoms with van der Waals surface area (Å²) in [6.07, 6.45) is 0. The number of rotatable bonds is 4. The van der Waals surface area contributed by atoms with Crippen molar-refractivity contribution >= 4 is 44.5 Å². The lowest BCUT2D eigenvalue weighted by Gasteiger charge is -2.16. The molecule has 1 heterocycles. The maximum atomic E-state index is 14.2. The molecular formula is C33H25NO2. The Labute approximate surface area is 210 Å². The van der Waals surface area contributed by atoms with Crippen LogP contribution in [0.15, 0.2) is 103 Å². The number of hydrogen-bond donors (Lipinski definition) is 0. The van der Waals surface area contributed by atoms with Crippen LogP contribution in [0.4, 0.5) is 0 Å². The second kappa shape index (κ2) is 8.62. The summed E-state index contributed by atoms with van der Waals surface area (Å²) >= 11 is 0. The van der Waals surface area contributed by atoms with Crippen molar-refractivity contribution in [2.45, 2.75) is 20.4 Å². The van der Waals surface area contributed by atoms with Gasteiger partial charge in [0.05, 0.1) is 17.7 Å². The van der Waals surface area contributed by atoms with Crippen molar-refractivity contribution in [2.75, 3.05) is 0 Å². The molecule has 0 fully saturated rings. The van der Waals surface area contributed by atoms with E-state index in [4.69, 9.17) is 0 Å². The lowest BCUT2D eigenvalue weighted by atomic mass is 9.86. The van der Waals surface area contributed by atoms with Crippen molar-refractivity contribution in [3.05, 3.63) is 131 Å². The van der Waals surface area contributed by atoms with Gasteiger partial charge in [-0.1, -0.05) is 103 Å². The van der Waals surface area contributed by atoms with E-state index in [2.05, 4.69) is 12.1 Å². The Morgan fingerprint density at radius 2 is 0.972 bits per heavy atom. The van der Waals surface area contributed by atoms with Gasteiger partial charge in [-0.05, 0) is 63.2 Å². The van der Waals surface area contributed by atoms with Crippen LogP contribution in [0.2, 0.25) is 0 Å². The minimum atomic E-state index is -0.245. The van der Waals surface area contributed by atoms with Crippen LogP contribution in [0.1, 0.15) is 27.8 Å². The molecule has 3 heteroatoms. The summed E-state index contributed by atoms with van der Waals surface area (Å²) in [5.74, 6) is -0.490. The number of carbonyl (C=O) groups excluding carboxylic acids is 2. The average molecular weight is 468 g/mol. The first-order valence-corrected chi connectivity index (χ1v) is 12.2. The zero-order valence-electron chi connectivity index (χ0n) is 20.3. The van der Waals surface area contributed by atoms with Gasteiger partial charge in [0, 0.05) is 0 Å². The summed E-state index contributed by atoms with van der Waals surface area (Å²) in [7, 11) is 0. The third-order valence-corrected chi connectivity index (χ3v) is 7.13. The molecule has 0 saturated heterocycles. The number of imide groups is 1. The number of hydrogen-bond acceptors (Lipinski definition) is 2. The summed E-state index contributed by atoms with van der Waals surface area (Å²) < 4.78 is 0. The van der Waals surface area contributed by atoms with Crippen LogP contribution in [-0.2, 0) is 16.1 Å². The van der Waals surface area contributed by atoms with E-state index < -0.39 is 0 Å². The molecule has 0 unspecified atom stereocenters. The van der Waals surface area contributed by atoms with Crippen molar-refractivity contribution in [1.29, 1.82) is 0 Å². The fourth-order valence-electron chi connectivity index (χ4n) is 5.37. The van der Waals surface area contributed by atoms with E-state index in [0.29, 0.717) is 11.1 Å². The van der Waals surface area contributed by atoms with E-state index in [9.17, 15) is 9.59 Å². The van der Waals surface area contributed by atoms with E-state index in [1.54, 1.807) is 0 Å². The Hall–Kier alpha value is -4.50. The monoisotopic (exact) mass is 467 g/mol. The Balaban J connectivity index is 1.68. The van der Waals surface area contributed by atoms with Crippen molar-refractivity contribution < 1.29 is 9.59 Å². The highest BCUT2D eigenvalue weighted by atomic mass is 16.2. The van der Waals surface area contributed by atoms with Crippen LogP contribution in [0.3, 0.4) is 0 Å². The van der Waals surface area contributed by atoms with Crippen LogP contribution in [0, 0.1) is 13.8 Å². The standard InChI is InChI=1S/C33H25NO2/c1-21-16-18-24-12-6-8-14-26(24)28(21)30-31(29-22(2)17-19-25-13-7-9-15-27(25)29)33(36)34(32(30)35)20-23-10-4-3-5-11-23/h3-19H,20H2,1-2H3. The number of aryl methyl sites for hydroxylation is 2. The molecule has 0 spiro atoms. The molecule has 0 bridgehead atoms. The third-order valence-electron chi connectivity index (χ3n) is 7.13. The molecule has 0 N–H and O–H groups in total. The van der Waals surface area contributed by atoms with Crippen LogP contribution >= 0.6 is 0 Å². The van der Waals surface area contributed by atoms with E-state index >= 15 is 0 Å². The van der Waals surface area contributed by atoms with Gasteiger partial charge in [0.25, 0.3) is 11.8 Å². The molecule has 0 atom stereocenters. The summed E-state index contributed by atoms with van der Waals surface area (Å²) in [5.41, 5.74) is 5.52. The van der Waals surface area contributed by atoms with Crippen LogP contribution in [0.5, 0.6) is 0 Å². The molecule has 1 aliphatic heterocycles. The largest absolute Gasteiger partial charge is 0.270 e. The Kier molecular flexibility index (Phi) is 5.26. The number of amides is 2. The predicted molar refractivity (Wildman–Crippen MR) is 146 cm³/mol. The minimum absolute atomic E-state index is 0.235. The Morgan fingerprint density at radius 3 is 1.47 bits per heavy atom. The molecule has 5 aromatic rings. The van der Waals surface area contributed by atoms with Crippen molar-refractivity contribution in [3.8, 4) is 0 Å². The topological polar surface area (TPSA) is 37.4 Å². The Bertz CT molecular complexity index is 1610. The maximum absolute atomic E-state index is 14.2. The van der Waals surface area contributed by atoms with E-state index in [-0.39, 0.29) is 18.4 Å². The number of carbonyl (C=O) groups is 2. The molecule has 2 amide bonds. The highest BCUT2D eigenvalue weighted by molar-refractivity contribution is 6.50. The highest BCUT2D eigenvalue weighted by Gasteiger charge is 2.41. The number of fused-ring (bicyclic) bond motifs is 2. The van der Waals surface area contributed by atoms with Crippen molar-refractivity contribution in [2.24, 2.45) is 0 Å². The molecule has 174 valence electrons. The van der Waals surface area contributed by atoms with Gasteiger partial charge >= 0.3 is 0 Å². The average Bonchev–Trinajstić information content (AvgIpc) is 3.13. The molecule has 5 aromatic carbocycles. The van der Waals surface area contributed by atoms with Crippen molar-refractivity contribution in [3.63, 3.8) is 0 Å². The second-order valence-corrected chi connectivity index (χ2v) is 9.39. The van der Waals surface area contributed by atoms with Crippen LogP contribution in [0.25, 0.3) is 32.7 Å². The van der Waals surface area contributed by atoms with E-state index in [1.165, 1.54) is 4.90 Å². The van der Waals surface area contributed by atoms with Gasteiger partial charge in [-0.3, -0.25) is 14.5 Å². The lowest BCUT2D eigenvalue weighted by molar-refractivity contribution is -0.136. The fraction of sp³-hybridized carbons (Fsp3) is 0.0909. The van der Waals surface area contributed by atoms with Gasteiger partial charge in [-0.15, -0.1) is 0 Å². The summed E-state index contributed by atoms with van der Waals surface area (Å²) in [6.45, 7) is 4.26. The number of nitrogens with zero attached hydrogens (tertiary/aromatic N) is 1. The molecule has 1 aliphatic rings. The van der Waals surface area contributed by atoms with Gasteiger partial charge in [-0.25, -0.2) is 0 Å². The highest BCUT2D eigenvalue weighted by Crippen LogP contribution is 2.43. The zero-order chi connectivity index (χ0) is 24.8. The van der Waals surface area contributed by atoms with E-state index in [1.807, 2.05) is 105 Å². The quantitative estimate of drug-likeness (QED) is 0.265. The lowest BCUT2D eigenvalue weighted by Crippen LogP contribution is -2.31. The third kappa shape index (κ3) is 3.44. The first kappa shape index (κ1) is 22.0. The molecule has 0 radical (unpaired) electrons. The summed E-state index contributed by atoms with van der Waals surface area (Å²) in [5, 5.41) is 4.04. The zero-order valence-corrected chi connectivity index (χ0v) is 20.3. The predicted octanol–water partition coefficient (Wildman–Crippen LogP) is 7.09.